The largest absolute Gasteiger partial charge is 0.380 e. The Labute approximate surface area is 61.8 Å². The maximum absolute atomic E-state index is 7.32. The molecule has 0 aliphatic carbocycles. The molecule has 2 N–H and O–H groups in total. The minimum absolute atomic E-state index is 0.314. The van der Waals surface area contributed by atoms with Crippen LogP contribution in [0.4, 0.5) is 0 Å². The lowest BCUT2D eigenvalue weighted by Crippen LogP contribution is -2.30. The van der Waals surface area contributed by atoms with E-state index >= 15 is 0 Å². The molecule has 0 aromatic carbocycles. The van der Waals surface area contributed by atoms with E-state index in [9.17, 15) is 0 Å². The highest BCUT2D eigenvalue weighted by molar-refractivity contribution is 4.63. The average molecular weight is 142 g/mol. The van der Waals surface area contributed by atoms with E-state index in [0.717, 1.165) is 26.1 Å². The van der Waals surface area contributed by atoms with Crippen molar-refractivity contribution < 1.29 is 4.74 Å². The van der Waals surface area contributed by atoms with Crippen molar-refractivity contribution in [3.05, 3.63) is 0 Å². The fourth-order valence-electron chi connectivity index (χ4n) is 0.766. The Morgan fingerprint density at radius 2 is 2.30 bits per heavy atom. The highest BCUT2D eigenvalue weighted by Crippen LogP contribution is 2.01. The van der Waals surface area contributed by atoms with Crippen LogP contribution in [0.25, 0.3) is 0 Å². The first-order valence-electron chi connectivity index (χ1n) is 3.45. The van der Waals surface area contributed by atoms with E-state index < -0.39 is 0 Å². The molecule has 10 heavy (non-hydrogen) atoms. The van der Waals surface area contributed by atoms with E-state index in [1.54, 1.807) is 6.07 Å². The van der Waals surface area contributed by atoms with Gasteiger partial charge < -0.3 is 10.5 Å². The summed E-state index contributed by atoms with van der Waals surface area (Å²) in [6.07, 6.45) is 2.28. The number of ether oxygens (including phenoxy) is 1. The Kier molecular flexibility index (Phi) is 6.14. The van der Waals surface area contributed by atoms with Crippen molar-refractivity contribution in [1.82, 2.24) is 0 Å². The number of rotatable bonds is 0. The van der Waals surface area contributed by atoms with Crippen LogP contribution in [0.5, 0.6) is 0 Å². The number of nitriles is 1. The summed E-state index contributed by atoms with van der Waals surface area (Å²) in [6.45, 7) is 3.10. The molecule has 1 rings (SSSR count). The SMILES string of the molecule is CC#N.NC1CCCOC1. The topological polar surface area (TPSA) is 59.0 Å². The van der Waals surface area contributed by atoms with Crippen molar-refractivity contribution in [2.24, 2.45) is 5.73 Å². The molecule has 1 saturated heterocycles. The zero-order valence-electron chi connectivity index (χ0n) is 6.34. The van der Waals surface area contributed by atoms with Gasteiger partial charge in [-0.15, -0.1) is 0 Å². The average Bonchev–Trinajstić information content (AvgIpc) is 1.91. The highest BCUT2D eigenvalue weighted by atomic mass is 16.5. The highest BCUT2D eigenvalue weighted by Gasteiger charge is 2.06. The molecule has 1 heterocycles. The molecule has 0 aromatic heterocycles. The molecule has 0 spiro atoms. The second-order valence-corrected chi connectivity index (χ2v) is 2.20. The summed E-state index contributed by atoms with van der Waals surface area (Å²) in [6, 6.07) is 2.06. The van der Waals surface area contributed by atoms with Crippen LogP contribution in [0.15, 0.2) is 0 Å². The third kappa shape index (κ3) is 5.54. The Bertz CT molecular complexity index is 103. The fourth-order valence-corrected chi connectivity index (χ4v) is 0.766. The third-order valence-corrected chi connectivity index (χ3v) is 1.20. The summed E-state index contributed by atoms with van der Waals surface area (Å²) in [7, 11) is 0. The zero-order valence-corrected chi connectivity index (χ0v) is 6.34. The van der Waals surface area contributed by atoms with E-state index in [0.29, 0.717) is 6.04 Å². The van der Waals surface area contributed by atoms with Gasteiger partial charge in [-0.1, -0.05) is 0 Å². The van der Waals surface area contributed by atoms with Crippen molar-refractivity contribution in [1.29, 1.82) is 5.26 Å². The summed E-state index contributed by atoms with van der Waals surface area (Å²) >= 11 is 0. The molecular weight excluding hydrogens is 128 g/mol. The molecule has 58 valence electrons. The van der Waals surface area contributed by atoms with Gasteiger partial charge in [0, 0.05) is 19.6 Å². The molecule has 0 bridgehead atoms. The summed E-state index contributed by atoms with van der Waals surface area (Å²) in [4.78, 5) is 0. The van der Waals surface area contributed by atoms with Gasteiger partial charge in [0.25, 0.3) is 0 Å². The lowest BCUT2D eigenvalue weighted by molar-refractivity contribution is 0.0822. The maximum Gasteiger partial charge on any atom is 0.0617 e. The Morgan fingerprint density at radius 1 is 1.70 bits per heavy atom. The molecule has 0 amide bonds. The van der Waals surface area contributed by atoms with Crippen molar-refractivity contribution in [2.45, 2.75) is 25.8 Å². The first-order chi connectivity index (χ1) is 4.81. The molecule has 1 aliphatic heterocycles. The van der Waals surface area contributed by atoms with E-state index in [1.807, 2.05) is 0 Å². The summed E-state index contributed by atoms with van der Waals surface area (Å²) in [5.74, 6) is 0. The number of hydrogen-bond donors (Lipinski definition) is 1. The predicted octanol–water partition coefficient (Wildman–Crippen LogP) is 0.654. The van der Waals surface area contributed by atoms with Crippen LogP contribution in [0, 0.1) is 11.3 Å². The first-order valence-corrected chi connectivity index (χ1v) is 3.45. The molecule has 1 fully saturated rings. The molecule has 0 radical (unpaired) electrons. The lowest BCUT2D eigenvalue weighted by Gasteiger charge is -2.16. The van der Waals surface area contributed by atoms with Gasteiger partial charge >= 0.3 is 0 Å². The van der Waals surface area contributed by atoms with E-state index in [1.165, 1.54) is 6.92 Å². The van der Waals surface area contributed by atoms with Crippen LogP contribution in [-0.2, 0) is 4.74 Å². The van der Waals surface area contributed by atoms with Gasteiger partial charge in [0.2, 0.25) is 0 Å². The van der Waals surface area contributed by atoms with E-state index in [4.69, 9.17) is 15.7 Å². The molecule has 0 saturated carbocycles. The van der Waals surface area contributed by atoms with Gasteiger partial charge in [-0.25, -0.2) is 0 Å². The summed E-state index contributed by atoms with van der Waals surface area (Å²) in [5, 5.41) is 7.32. The Morgan fingerprint density at radius 3 is 2.50 bits per heavy atom. The first kappa shape index (κ1) is 9.41. The van der Waals surface area contributed by atoms with Crippen LogP contribution in [-0.4, -0.2) is 19.3 Å². The van der Waals surface area contributed by atoms with Gasteiger partial charge in [-0.2, -0.15) is 5.26 Å². The molecule has 1 aliphatic rings. The number of hydrogen-bond acceptors (Lipinski definition) is 3. The quantitative estimate of drug-likeness (QED) is 0.540. The second-order valence-electron chi connectivity index (χ2n) is 2.20. The van der Waals surface area contributed by atoms with Gasteiger partial charge in [0.05, 0.1) is 12.7 Å². The van der Waals surface area contributed by atoms with Crippen LogP contribution in [0.2, 0.25) is 0 Å². The van der Waals surface area contributed by atoms with E-state index in [2.05, 4.69) is 0 Å². The summed E-state index contributed by atoms with van der Waals surface area (Å²) < 4.78 is 5.06. The minimum Gasteiger partial charge on any atom is -0.380 e. The van der Waals surface area contributed by atoms with Gasteiger partial charge in [-0.3, -0.25) is 0 Å². The third-order valence-electron chi connectivity index (χ3n) is 1.20. The second kappa shape index (κ2) is 6.53. The van der Waals surface area contributed by atoms with Gasteiger partial charge in [-0.05, 0) is 12.8 Å². The monoisotopic (exact) mass is 142 g/mol. The van der Waals surface area contributed by atoms with Crippen molar-refractivity contribution >= 4 is 0 Å². The molecule has 1 atom stereocenters. The molecule has 3 nitrogen and oxygen atoms in total. The normalized spacial score (nSPS) is 23.9. The summed E-state index contributed by atoms with van der Waals surface area (Å²) in [5.41, 5.74) is 5.51. The molecule has 1 unspecified atom stereocenters. The predicted molar refractivity (Wildman–Crippen MR) is 39.3 cm³/mol. The van der Waals surface area contributed by atoms with Crippen molar-refractivity contribution in [3.8, 4) is 6.07 Å². The molecule has 0 aromatic rings. The fraction of sp³-hybridized carbons (Fsp3) is 0.857. The Hall–Kier alpha value is -0.590. The van der Waals surface area contributed by atoms with Crippen LogP contribution in [0.3, 0.4) is 0 Å². The van der Waals surface area contributed by atoms with Gasteiger partial charge in [0.15, 0.2) is 0 Å². The van der Waals surface area contributed by atoms with Crippen molar-refractivity contribution in [3.63, 3.8) is 0 Å². The standard InChI is InChI=1S/C5H11NO.C2H3N/c6-5-2-1-3-7-4-5;1-2-3/h5H,1-4,6H2;1H3. The minimum atomic E-state index is 0.314. The van der Waals surface area contributed by atoms with Crippen LogP contribution >= 0.6 is 0 Å². The van der Waals surface area contributed by atoms with Crippen molar-refractivity contribution in [2.75, 3.05) is 13.2 Å². The molecular formula is C7H14N2O. The maximum atomic E-state index is 7.32. The van der Waals surface area contributed by atoms with Crippen LogP contribution in [0.1, 0.15) is 19.8 Å². The number of nitrogens with zero attached hydrogens (tertiary/aromatic N) is 1. The number of nitrogens with two attached hydrogens (primary N) is 1. The van der Waals surface area contributed by atoms with Gasteiger partial charge in [0.1, 0.15) is 0 Å². The lowest BCUT2D eigenvalue weighted by atomic mass is 10.1. The zero-order chi connectivity index (χ0) is 7.82. The smallest absolute Gasteiger partial charge is 0.0617 e. The Balaban J connectivity index is 0.000000236. The van der Waals surface area contributed by atoms with Crippen LogP contribution < -0.4 is 5.73 Å². The van der Waals surface area contributed by atoms with E-state index in [-0.39, 0.29) is 0 Å². The molecule has 3 heteroatoms.